The lowest BCUT2D eigenvalue weighted by atomic mass is 9.89. The molecular formula is C16H16ClN2. The maximum atomic E-state index is 5.82. The Labute approximate surface area is 119 Å². The zero-order chi connectivity index (χ0) is 13.1. The molecule has 0 saturated carbocycles. The van der Waals surface area contributed by atoms with Crippen LogP contribution < -0.4 is 4.90 Å². The number of hydrogen-bond donors (Lipinski definition) is 0. The Hall–Kier alpha value is -1.54. The van der Waals surface area contributed by atoms with E-state index >= 15 is 0 Å². The van der Waals surface area contributed by atoms with Gasteiger partial charge in [0.25, 0.3) is 0 Å². The van der Waals surface area contributed by atoms with Crippen LogP contribution in [-0.2, 0) is 0 Å². The summed E-state index contributed by atoms with van der Waals surface area (Å²) >= 11 is 5.82. The van der Waals surface area contributed by atoms with Gasteiger partial charge in [0.2, 0.25) is 0 Å². The van der Waals surface area contributed by atoms with E-state index in [1.165, 1.54) is 5.56 Å². The minimum absolute atomic E-state index is 0.553. The highest BCUT2D eigenvalue weighted by Crippen LogP contribution is 2.29. The fourth-order valence-corrected chi connectivity index (χ4v) is 2.66. The molecule has 2 aromatic rings. The van der Waals surface area contributed by atoms with Gasteiger partial charge in [-0.3, -0.25) is 0 Å². The normalized spacial score (nSPS) is 16.6. The SMILES string of the molecule is Clc1ccc(N2CC[C](c3ccccc3)CC2)cn1. The van der Waals surface area contributed by atoms with Crippen LogP contribution in [0.1, 0.15) is 18.4 Å². The van der Waals surface area contributed by atoms with E-state index in [9.17, 15) is 0 Å². The molecule has 1 saturated heterocycles. The van der Waals surface area contributed by atoms with Gasteiger partial charge in [0.05, 0.1) is 11.9 Å². The Morgan fingerprint density at radius 3 is 2.32 bits per heavy atom. The van der Waals surface area contributed by atoms with Gasteiger partial charge in [-0.2, -0.15) is 0 Å². The zero-order valence-electron chi connectivity index (χ0n) is 10.7. The number of benzene rings is 1. The van der Waals surface area contributed by atoms with Crippen LogP contribution in [-0.4, -0.2) is 18.1 Å². The maximum absolute atomic E-state index is 5.82. The third-order valence-electron chi connectivity index (χ3n) is 3.63. The molecule has 1 aliphatic rings. The van der Waals surface area contributed by atoms with Crippen LogP contribution in [0.15, 0.2) is 48.7 Å². The largest absolute Gasteiger partial charge is 0.370 e. The number of piperidine rings is 1. The summed E-state index contributed by atoms with van der Waals surface area (Å²) in [4.78, 5) is 6.52. The lowest BCUT2D eigenvalue weighted by Gasteiger charge is -2.33. The van der Waals surface area contributed by atoms with Crippen LogP contribution in [0.4, 0.5) is 5.69 Å². The predicted octanol–water partition coefficient (Wildman–Crippen LogP) is 3.96. The second-order valence-electron chi connectivity index (χ2n) is 4.80. The average Bonchev–Trinajstić information content (AvgIpc) is 2.49. The highest BCUT2D eigenvalue weighted by molar-refractivity contribution is 6.29. The molecule has 0 bridgehead atoms. The smallest absolute Gasteiger partial charge is 0.129 e. The number of nitrogens with zero attached hydrogens (tertiary/aromatic N) is 2. The lowest BCUT2D eigenvalue weighted by molar-refractivity contribution is 0.628. The topological polar surface area (TPSA) is 16.1 Å². The molecule has 0 spiro atoms. The van der Waals surface area contributed by atoms with Crippen LogP contribution >= 0.6 is 11.6 Å². The van der Waals surface area contributed by atoms with Gasteiger partial charge in [-0.25, -0.2) is 4.98 Å². The van der Waals surface area contributed by atoms with Crippen LogP contribution in [0.25, 0.3) is 0 Å². The van der Waals surface area contributed by atoms with E-state index in [0.717, 1.165) is 31.6 Å². The Balaban J connectivity index is 1.65. The van der Waals surface area contributed by atoms with Gasteiger partial charge in [-0.15, -0.1) is 0 Å². The van der Waals surface area contributed by atoms with Crippen molar-refractivity contribution >= 4 is 17.3 Å². The van der Waals surface area contributed by atoms with E-state index in [4.69, 9.17) is 11.6 Å². The molecule has 1 aliphatic heterocycles. The predicted molar refractivity (Wildman–Crippen MR) is 79.5 cm³/mol. The first-order valence-corrected chi connectivity index (χ1v) is 6.97. The Bertz CT molecular complexity index is 516. The van der Waals surface area contributed by atoms with Crippen molar-refractivity contribution in [1.82, 2.24) is 4.98 Å². The first-order valence-electron chi connectivity index (χ1n) is 6.59. The van der Waals surface area contributed by atoms with Crippen molar-refractivity contribution in [2.24, 2.45) is 0 Å². The summed E-state index contributed by atoms with van der Waals surface area (Å²) in [6, 6.07) is 14.6. The van der Waals surface area contributed by atoms with Crippen LogP contribution in [0, 0.1) is 5.92 Å². The van der Waals surface area contributed by atoms with E-state index in [0.29, 0.717) is 5.15 Å². The number of rotatable bonds is 2. The molecule has 0 amide bonds. The van der Waals surface area contributed by atoms with Gasteiger partial charge in [0, 0.05) is 19.0 Å². The van der Waals surface area contributed by atoms with Gasteiger partial charge >= 0.3 is 0 Å². The summed E-state index contributed by atoms with van der Waals surface area (Å²) in [7, 11) is 0. The van der Waals surface area contributed by atoms with Crippen LogP contribution in [0.2, 0.25) is 5.15 Å². The Morgan fingerprint density at radius 1 is 0.947 bits per heavy atom. The Kier molecular flexibility index (Phi) is 3.69. The molecule has 0 aliphatic carbocycles. The summed E-state index contributed by atoms with van der Waals surface area (Å²) in [5.41, 5.74) is 2.55. The molecule has 0 atom stereocenters. The molecule has 3 rings (SSSR count). The molecule has 1 radical (unpaired) electrons. The average molecular weight is 272 g/mol. The summed E-state index contributed by atoms with van der Waals surface area (Å²) in [5.74, 6) is 1.55. The van der Waals surface area contributed by atoms with Crippen LogP contribution in [0.3, 0.4) is 0 Å². The van der Waals surface area contributed by atoms with E-state index in [2.05, 4.69) is 40.2 Å². The van der Waals surface area contributed by atoms with Crippen molar-refractivity contribution in [1.29, 1.82) is 0 Å². The summed E-state index contributed by atoms with van der Waals surface area (Å²) in [6.45, 7) is 2.10. The van der Waals surface area contributed by atoms with Crippen molar-refractivity contribution in [2.45, 2.75) is 12.8 Å². The first kappa shape index (κ1) is 12.5. The fourth-order valence-electron chi connectivity index (χ4n) is 2.55. The molecule has 0 unspecified atom stereocenters. The molecule has 2 heterocycles. The second-order valence-corrected chi connectivity index (χ2v) is 5.18. The molecule has 1 aromatic heterocycles. The highest BCUT2D eigenvalue weighted by atomic mass is 35.5. The van der Waals surface area contributed by atoms with Crippen molar-refractivity contribution in [3.63, 3.8) is 0 Å². The molecule has 2 nitrogen and oxygen atoms in total. The van der Waals surface area contributed by atoms with Crippen LogP contribution in [0.5, 0.6) is 0 Å². The minimum Gasteiger partial charge on any atom is -0.370 e. The number of halogens is 1. The molecule has 1 fully saturated rings. The molecule has 97 valence electrons. The Morgan fingerprint density at radius 2 is 1.68 bits per heavy atom. The molecule has 19 heavy (non-hydrogen) atoms. The summed E-state index contributed by atoms with van der Waals surface area (Å²) in [6.07, 6.45) is 4.09. The van der Waals surface area contributed by atoms with Gasteiger partial charge in [-0.1, -0.05) is 41.9 Å². The lowest BCUT2D eigenvalue weighted by Crippen LogP contribution is -2.33. The van der Waals surface area contributed by atoms with Gasteiger partial charge < -0.3 is 4.90 Å². The third-order valence-corrected chi connectivity index (χ3v) is 3.85. The first-order chi connectivity index (χ1) is 9.33. The minimum atomic E-state index is 0.553. The van der Waals surface area contributed by atoms with E-state index in [-0.39, 0.29) is 0 Å². The molecule has 1 aromatic carbocycles. The maximum Gasteiger partial charge on any atom is 0.129 e. The number of anilines is 1. The zero-order valence-corrected chi connectivity index (χ0v) is 11.5. The monoisotopic (exact) mass is 271 g/mol. The number of pyridine rings is 1. The highest BCUT2D eigenvalue weighted by Gasteiger charge is 2.21. The van der Waals surface area contributed by atoms with Crippen molar-refractivity contribution in [3.05, 3.63) is 65.3 Å². The molecule has 3 heteroatoms. The summed E-state index contributed by atoms with van der Waals surface area (Å²) in [5, 5.41) is 0.553. The fraction of sp³-hybridized carbons (Fsp3) is 0.250. The van der Waals surface area contributed by atoms with Crippen molar-refractivity contribution in [2.75, 3.05) is 18.0 Å². The van der Waals surface area contributed by atoms with Gasteiger partial charge in [0.15, 0.2) is 0 Å². The third kappa shape index (κ3) is 2.90. The molecular weight excluding hydrogens is 256 g/mol. The van der Waals surface area contributed by atoms with Gasteiger partial charge in [-0.05, 0) is 30.5 Å². The van der Waals surface area contributed by atoms with E-state index < -0.39 is 0 Å². The molecule has 0 N–H and O–H groups in total. The quantitative estimate of drug-likeness (QED) is 0.769. The standard InChI is InChI=1S/C16H16ClN2/c17-16-7-6-15(12-18-16)19-10-8-14(9-11-19)13-4-2-1-3-5-13/h1-7,12H,8-11H2. The van der Waals surface area contributed by atoms with Crippen molar-refractivity contribution in [3.8, 4) is 0 Å². The second kappa shape index (κ2) is 5.62. The number of aromatic nitrogens is 1. The van der Waals surface area contributed by atoms with E-state index in [1.807, 2.05) is 18.3 Å². The van der Waals surface area contributed by atoms with Gasteiger partial charge in [0.1, 0.15) is 5.15 Å². The number of hydrogen-bond acceptors (Lipinski definition) is 2. The van der Waals surface area contributed by atoms with E-state index in [1.54, 1.807) is 5.92 Å². The summed E-state index contributed by atoms with van der Waals surface area (Å²) < 4.78 is 0. The van der Waals surface area contributed by atoms with Crippen molar-refractivity contribution < 1.29 is 0 Å².